The highest BCUT2D eigenvalue weighted by molar-refractivity contribution is 7.98. The molecule has 1 aliphatic carbocycles. The maximum absolute atomic E-state index is 5.85. The summed E-state index contributed by atoms with van der Waals surface area (Å²) >= 11 is 1.62. The second-order valence-electron chi connectivity index (χ2n) is 7.32. The van der Waals surface area contributed by atoms with E-state index in [1.807, 2.05) is 0 Å². The Morgan fingerprint density at radius 3 is 2.65 bits per heavy atom. The minimum Gasteiger partial charge on any atom is -0.424 e. The van der Waals surface area contributed by atoms with Crippen molar-refractivity contribution in [2.45, 2.75) is 68.0 Å². The molecule has 1 atom stereocenters. The van der Waals surface area contributed by atoms with E-state index < -0.39 is 0 Å². The first kappa shape index (κ1) is 16.6. The Labute approximate surface area is 156 Å². The topological polar surface area (TPSA) is 82.1 Å². The number of thioether (sulfide) groups is 1. The van der Waals surface area contributed by atoms with E-state index in [9.17, 15) is 0 Å². The molecule has 2 aliphatic heterocycles. The lowest BCUT2D eigenvalue weighted by atomic mass is 10.2. The lowest BCUT2D eigenvalue weighted by Gasteiger charge is -2.20. The zero-order valence-electron chi connectivity index (χ0n) is 14.8. The van der Waals surface area contributed by atoms with Gasteiger partial charge in [-0.15, -0.1) is 20.4 Å². The van der Waals surface area contributed by atoms with Crippen LogP contribution in [-0.2, 0) is 17.0 Å². The third kappa shape index (κ3) is 3.46. The molecular formula is C17H24N6O2S. The summed E-state index contributed by atoms with van der Waals surface area (Å²) in [6.45, 7) is 3.80. The summed E-state index contributed by atoms with van der Waals surface area (Å²) in [4.78, 5) is 2.34. The normalized spacial score (nSPS) is 23.2. The van der Waals surface area contributed by atoms with Crippen molar-refractivity contribution in [2.24, 2.45) is 0 Å². The quantitative estimate of drug-likeness (QED) is 0.682. The van der Waals surface area contributed by atoms with Gasteiger partial charge in [0.2, 0.25) is 17.7 Å². The maximum atomic E-state index is 5.85. The number of rotatable bonds is 7. The van der Waals surface area contributed by atoms with E-state index in [1.54, 1.807) is 11.8 Å². The number of ether oxygens (including phenoxy) is 1. The van der Waals surface area contributed by atoms with Crippen LogP contribution in [0.4, 0.5) is 5.95 Å². The Hall–Kier alpha value is -1.61. The predicted molar refractivity (Wildman–Crippen MR) is 96.3 cm³/mol. The lowest BCUT2D eigenvalue weighted by molar-refractivity contribution is 0.0952. The van der Waals surface area contributed by atoms with E-state index in [0.717, 1.165) is 56.1 Å². The van der Waals surface area contributed by atoms with Crippen LogP contribution < -0.4 is 4.90 Å². The van der Waals surface area contributed by atoms with Crippen molar-refractivity contribution in [3.63, 3.8) is 0 Å². The van der Waals surface area contributed by atoms with E-state index in [2.05, 4.69) is 29.9 Å². The highest BCUT2D eigenvalue weighted by Gasteiger charge is 2.30. The predicted octanol–water partition coefficient (Wildman–Crippen LogP) is 2.61. The molecule has 1 unspecified atom stereocenters. The Morgan fingerprint density at radius 1 is 1.00 bits per heavy atom. The summed E-state index contributed by atoms with van der Waals surface area (Å²) in [7, 11) is 0. The molecule has 0 N–H and O–H groups in total. The Kier molecular flexibility index (Phi) is 4.58. The fraction of sp³-hybridized carbons (Fsp3) is 0.765. The van der Waals surface area contributed by atoms with Gasteiger partial charge in [-0.3, -0.25) is 4.57 Å². The van der Waals surface area contributed by atoms with Gasteiger partial charge in [0.05, 0.1) is 18.4 Å². The van der Waals surface area contributed by atoms with Crippen LogP contribution in [0.1, 0.15) is 56.2 Å². The van der Waals surface area contributed by atoms with Crippen LogP contribution in [0.25, 0.3) is 0 Å². The molecule has 2 aromatic rings. The fourth-order valence-corrected chi connectivity index (χ4v) is 4.42. The molecule has 4 heterocycles. The van der Waals surface area contributed by atoms with Crippen LogP contribution in [0.5, 0.6) is 0 Å². The van der Waals surface area contributed by atoms with Gasteiger partial charge in [0, 0.05) is 25.6 Å². The highest BCUT2D eigenvalue weighted by Crippen LogP contribution is 2.39. The Morgan fingerprint density at radius 2 is 1.88 bits per heavy atom. The zero-order valence-corrected chi connectivity index (χ0v) is 15.7. The van der Waals surface area contributed by atoms with Gasteiger partial charge in [-0.1, -0.05) is 11.8 Å². The molecule has 3 aliphatic rings. The van der Waals surface area contributed by atoms with Gasteiger partial charge in [0.15, 0.2) is 5.16 Å². The summed E-state index contributed by atoms with van der Waals surface area (Å²) in [5.74, 6) is 3.56. The first-order valence-electron chi connectivity index (χ1n) is 9.61. The minimum atomic E-state index is 0.261. The van der Waals surface area contributed by atoms with Gasteiger partial charge >= 0.3 is 0 Å². The second-order valence-corrected chi connectivity index (χ2v) is 8.26. The summed E-state index contributed by atoms with van der Waals surface area (Å²) in [5, 5.41) is 18.2. The Bertz CT molecular complexity index is 746. The number of anilines is 1. The van der Waals surface area contributed by atoms with Crippen LogP contribution in [0.15, 0.2) is 9.57 Å². The van der Waals surface area contributed by atoms with Crippen LogP contribution in [-0.4, -0.2) is 50.8 Å². The summed E-state index contributed by atoms with van der Waals surface area (Å²) in [6, 6.07) is 0. The number of nitrogens with zero attached hydrogens (tertiary/aromatic N) is 6. The van der Waals surface area contributed by atoms with Gasteiger partial charge in [-0.2, -0.15) is 0 Å². The zero-order chi connectivity index (χ0) is 17.3. The van der Waals surface area contributed by atoms with Crippen molar-refractivity contribution in [2.75, 3.05) is 24.6 Å². The standard InChI is InChI=1S/C17H24N6O2S/c1-2-8-22(7-1)16-20-21-17(23(16)10-13-4-3-9-24-13)26-11-14-18-19-15(25-14)12-5-6-12/h12-13H,1-11H2. The third-order valence-electron chi connectivity index (χ3n) is 5.23. The first-order valence-corrected chi connectivity index (χ1v) is 10.6. The van der Waals surface area contributed by atoms with Crippen molar-refractivity contribution in [3.05, 3.63) is 11.8 Å². The number of hydrogen-bond acceptors (Lipinski definition) is 8. The Balaban J connectivity index is 1.32. The molecule has 26 heavy (non-hydrogen) atoms. The van der Waals surface area contributed by atoms with E-state index in [0.29, 0.717) is 17.6 Å². The largest absolute Gasteiger partial charge is 0.424 e. The molecular weight excluding hydrogens is 352 g/mol. The number of aromatic nitrogens is 5. The van der Waals surface area contributed by atoms with E-state index in [-0.39, 0.29) is 6.10 Å². The van der Waals surface area contributed by atoms with Gasteiger partial charge in [0.1, 0.15) is 0 Å². The monoisotopic (exact) mass is 376 g/mol. The van der Waals surface area contributed by atoms with E-state index in [4.69, 9.17) is 9.15 Å². The molecule has 0 aromatic carbocycles. The average molecular weight is 376 g/mol. The van der Waals surface area contributed by atoms with Crippen molar-refractivity contribution < 1.29 is 9.15 Å². The molecule has 0 amide bonds. The van der Waals surface area contributed by atoms with E-state index >= 15 is 0 Å². The molecule has 5 rings (SSSR count). The molecule has 9 heteroatoms. The highest BCUT2D eigenvalue weighted by atomic mass is 32.2. The third-order valence-corrected chi connectivity index (χ3v) is 6.18. The molecule has 0 bridgehead atoms. The second kappa shape index (κ2) is 7.19. The van der Waals surface area contributed by atoms with Crippen LogP contribution in [0.3, 0.4) is 0 Å². The first-order chi connectivity index (χ1) is 12.9. The van der Waals surface area contributed by atoms with Crippen LogP contribution in [0, 0.1) is 0 Å². The van der Waals surface area contributed by atoms with Crippen LogP contribution >= 0.6 is 11.8 Å². The van der Waals surface area contributed by atoms with Crippen molar-refractivity contribution in [3.8, 4) is 0 Å². The smallest absolute Gasteiger partial charge is 0.228 e. The summed E-state index contributed by atoms with van der Waals surface area (Å²) in [6.07, 6.45) is 7.29. The van der Waals surface area contributed by atoms with Crippen molar-refractivity contribution in [1.29, 1.82) is 0 Å². The van der Waals surface area contributed by atoms with Gasteiger partial charge in [-0.05, 0) is 38.5 Å². The van der Waals surface area contributed by atoms with Gasteiger partial charge < -0.3 is 14.1 Å². The molecule has 3 fully saturated rings. The lowest BCUT2D eigenvalue weighted by Crippen LogP contribution is -2.25. The summed E-state index contributed by atoms with van der Waals surface area (Å²) in [5.41, 5.74) is 0. The fourth-order valence-electron chi connectivity index (χ4n) is 3.64. The minimum absolute atomic E-state index is 0.261. The van der Waals surface area contributed by atoms with Crippen LogP contribution in [0.2, 0.25) is 0 Å². The molecule has 1 saturated carbocycles. The SMILES string of the molecule is C1COC(Cn2c(SCc3nnc(C4CC4)o3)nnc2N2CCCC2)C1. The molecule has 2 aromatic heterocycles. The van der Waals surface area contributed by atoms with Gasteiger partial charge in [0.25, 0.3) is 0 Å². The number of hydrogen-bond donors (Lipinski definition) is 0. The molecule has 0 radical (unpaired) electrons. The molecule has 2 saturated heterocycles. The average Bonchev–Trinajstić information content (AvgIpc) is 3.16. The van der Waals surface area contributed by atoms with E-state index in [1.165, 1.54) is 25.7 Å². The molecule has 8 nitrogen and oxygen atoms in total. The summed E-state index contributed by atoms with van der Waals surface area (Å²) < 4.78 is 13.9. The van der Waals surface area contributed by atoms with Crippen molar-refractivity contribution >= 4 is 17.7 Å². The molecule has 0 spiro atoms. The molecule has 140 valence electrons. The maximum Gasteiger partial charge on any atom is 0.228 e. The van der Waals surface area contributed by atoms with Crippen molar-refractivity contribution in [1.82, 2.24) is 25.0 Å². The van der Waals surface area contributed by atoms with Gasteiger partial charge in [-0.25, -0.2) is 0 Å².